The van der Waals surface area contributed by atoms with Gasteiger partial charge in [-0.2, -0.15) is 4.98 Å². The Bertz CT molecular complexity index is 879. The molecule has 0 amide bonds. The van der Waals surface area contributed by atoms with Gasteiger partial charge in [0.1, 0.15) is 5.82 Å². The number of hydrogen-bond donors (Lipinski definition) is 3. The Hall–Kier alpha value is -2.22. The van der Waals surface area contributed by atoms with E-state index in [0.29, 0.717) is 0 Å². The van der Waals surface area contributed by atoms with Gasteiger partial charge in [-0.05, 0) is 31.2 Å². The van der Waals surface area contributed by atoms with Crippen molar-refractivity contribution in [3.63, 3.8) is 0 Å². The number of nitrogens with one attached hydrogen (secondary N) is 2. The topological polar surface area (TPSA) is 82.3 Å². The Kier molecular flexibility index (Phi) is 6.86. The van der Waals surface area contributed by atoms with E-state index in [-0.39, 0.29) is 12.2 Å². The van der Waals surface area contributed by atoms with E-state index in [4.69, 9.17) is 15.7 Å². The van der Waals surface area contributed by atoms with Crippen molar-refractivity contribution >= 4 is 11.8 Å². The second-order valence-corrected chi connectivity index (χ2v) is 9.41. The smallest absolute Gasteiger partial charge is 0.228 e. The van der Waals surface area contributed by atoms with Crippen molar-refractivity contribution in [1.82, 2.24) is 20.6 Å². The standard InChI is InChI=1S/C25H37N7/c26-21-11-8-16-32(24(21)28-17-19-9-4-3-5-10-19)25-29-22-12-13-27-18-20(22)23(30-25)31-14-6-1-2-7-15-31/h3-5,9-10,21,24,27-28H,1-2,6-8,11-18,26H2. The summed E-state index contributed by atoms with van der Waals surface area (Å²) in [6.45, 7) is 5.78. The summed E-state index contributed by atoms with van der Waals surface area (Å²) in [7, 11) is 0. The van der Waals surface area contributed by atoms with Crippen molar-refractivity contribution in [3.8, 4) is 0 Å². The molecular formula is C25H37N7. The van der Waals surface area contributed by atoms with Gasteiger partial charge in [0.2, 0.25) is 5.95 Å². The molecule has 7 heteroatoms. The predicted octanol–water partition coefficient (Wildman–Crippen LogP) is 2.55. The van der Waals surface area contributed by atoms with E-state index in [9.17, 15) is 0 Å². The number of anilines is 2. The first-order valence-electron chi connectivity index (χ1n) is 12.4. The summed E-state index contributed by atoms with van der Waals surface area (Å²) in [5, 5.41) is 7.26. The molecule has 7 nitrogen and oxygen atoms in total. The van der Waals surface area contributed by atoms with Gasteiger partial charge in [0, 0.05) is 57.3 Å². The molecule has 2 fully saturated rings. The zero-order valence-electron chi connectivity index (χ0n) is 19.1. The molecule has 0 bridgehead atoms. The maximum absolute atomic E-state index is 6.63. The summed E-state index contributed by atoms with van der Waals surface area (Å²) < 4.78 is 0. The monoisotopic (exact) mass is 435 g/mol. The molecule has 0 radical (unpaired) electrons. The van der Waals surface area contributed by atoms with Crippen LogP contribution in [0, 0.1) is 0 Å². The van der Waals surface area contributed by atoms with E-state index < -0.39 is 0 Å². The SMILES string of the molecule is NC1CCCN(c2nc3c(c(N4CCCCCC4)n2)CNCC3)C1NCc1ccccc1. The first-order valence-corrected chi connectivity index (χ1v) is 12.4. The van der Waals surface area contributed by atoms with Gasteiger partial charge in [0.25, 0.3) is 0 Å². The Morgan fingerprint density at radius 3 is 2.62 bits per heavy atom. The Morgan fingerprint density at radius 1 is 1.00 bits per heavy atom. The van der Waals surface area contributed by atoms with Crippen LogP contribution in [0.15, 0.2) is 30.3 Å². The highest BCUT2D eigenvalue weighted by atomic mass is 15.4. The van der Waals surface area contributed by atoms with Gasteiger partial charge in [0.15, 0.2) is 0 Å². The summed E-state index contributed by atoms with van der Waals surface area (Å²) in [6, 6.07) is 10.6. The Balaban J connectivity index is 1.45. The zero-order valence-corrected chi connectivity index (χ0v) is 19.1. The molecule has 1 aromatic heterocycles. The molecule has 4 N–H and O–H groups in total. The third-order valence-electron chi connectivity index (χ3n) is 7.10. The molecule has 3 aliphatic rings. The molecule has 2 unspecified atom stereocenters. The van der Waals surface area contributed by atoms with Gasteiger partial charge < -0.3 is 20.9 Å². The fourth-order valence-electron chi connectivity index (χ4n) is 5.31. The zero-order chi connectivity index (χ0) is 21.8. The van der Waals surface area contributed by atoms with Crippen molar-refractivity contribution in [2.75, 3.05) is 36.0 Å². The summed E-state index contributed by atoms with van der Waals surface area (Å²) in [4.78, 5) is 15.2. The predicted molar refractivity (Wildman–Crippen MR) is 130 cm³/mol. The van der Waals surface area contributed by atoms with Crippen molar-refractivity contribution in [3.05, 3.63) is 47.2 Å². The lowest BCUT2D eigenvalue weighted by Crippen LogP contribution is -2.60. The lowest BCUT2D eigenvalue weighted by Gasteiger charge is -2.41. The molecule has 3 aliphatic heterocycles. The molecule has 0 aliphatic carbocycles. The van der Waals surface area contributed by atoms with Crippen LogP contribution in [-0.4, -0.2) is 48.4 Å². The van der Waals surface area contributed by atoms with Crippen LogP contribution < -0.4 is 26.2 Å². The largest absolute Gasteiger partial charge is 0.356 e. The average molecular weight is 436 g/mol. The second-order valence-electron chi connectivity index (χ2n) is 9.41. The first kappa shape index (κ1) is 21.6. The van der Waals surface area contributed by atoms with Crippen molar-refractivity contribution in [2.24, 2.45) is 5.73 Å². The van der Waals surface area contributed by atoms with Crippen molar-refractivity contribution in [2.45, 2.75) is 70.2 Å². The highest BCUT2D eigenvalue weighted by Crippen LogP contribution is 2.30. The molecule has 4 heterocycles. The van der Waals surface area contributed by atoms with E-state index in [1.165, 1.54) is 42.5 Å². The average Bonchev–Trinajstić information content (AvgIpc) is 3.13. The van der Waals surface area contributed by atoms with Gasteiger partial charge in [0.05, 0.1) is 11.9 Å². The number of hydrogen-bond acceptors (Lipinski definition) is 7. The fraction of sp³-hybridized carbons (Fsp3) is 0.600. The highest BCUT2D eigenvalue weighted by molar-refractivity contribution is 5.55. The van der Waals surface area contributed by atoms with Gasteiger partial charge in [-0.3, -0.25) is 5.32 Å². The lowest BCUT2D eigenvalue weighted by molar-refractivity contribution is 0.341. The maximum Gasteiger partial charge on any atom is 0.228 e. The van der Waals surface area contributed by atoms with Crippen LogP contribution >= 0.6 is 0 Å². The van der Waals surface area contributed by atoms with E-state index in [1.807, 2.05) is 0 Å². The minimum atomic E-state index is 0.0423. The summed E-state index contributed by atoms with van der Waals surface area (Å²) in [6.07, 6.45) is 8.24. The Morgan fingerprint density at radius 2 is 1.81 bits per heavy atom. The molecular weight excluding hydrogens is 398 g/mol. The van der Waals surface area contributed by atoms with Crippen molar-refractivity contribution < 1.29 is 0 Å². The van der Waals surface area contributed by atoms with E-state index in [1.54, 1.807) is 0 Å². The Labute approximate surface area is 191 Å². The highest BCUT2D eigenvalue weighted by Gasteiger charge is 2.32. The minimum Gasteiger partial charge on any atom is -0.356 e. The normalized spacial score (nSPS) is 24.2. The van der Waals surface area contributed by atoms with Crippen LogP contribution in [0.1, 0.15) is 55.3 Å². The molecule has 2 atom stereocenters. The molecule has 0 saturated carbocycles. The summed E-state index contributed by atoms with van der Waals surface area (Å²) in [5.74, 6) is 2.01. The van der Waals surface area contributed by atoms with Crippen LogP contribution in [0.4, 0.5) is 11.8 Å². The van der Waals surface area contributed by atoms with Crippen LogP contribution in [0.3, 0.4) is 0 Å². The summed E-state index contributed by atoms with van der Waals surface area (Å²) >= 11 is 0. The number of nitrogens with two attached hydrogens (primary N) is 1. The van der Waals surface area contributed by atoms with Gasteiger partial charge in [-0.25, -0.2) is 4.98 Å². The van der Waals surface area contributed by atoms with Crippen LogP contribution in [0.5, 0.6) is 0 Å². The van der Waals surface area contributed by atoms with Crippen LogP contribution in [0.25, 0.3) is 0 Å². The first-order chi connectivity index (χ1) is 15.8. The molecule has 0 spiro atoms. The van der Waals surface area contributed by atoms with E-state index in [0.717, 1.165) is 70.3 Å². The van der Waals surface area contributed by atoms with E-state index >= 15 is 0 Å². The number of aromatic nitrogens is 2. The third kappa shape index (κ3) is 4.75. The molecule has 5 rings (SSSR count). The number of nitrogens with zero attached hydrogens (tertiary/aromatic N) is 4. The van der Waals surface area contributed by atoms with Gasteiger partial charge in [-0.1, -0.05) is 43.2 Å². The molecule has 1 aromatic carbocycles. The third-order valence-corrected chi connectivity index (χ3v) is 7.10. The number of fused-ring (bicyclic) bond motifs is 1. The summed E-state index contributed by atoms with van der Waals surface area (Å²) in [5.41, 5.74) is 10.4. The minimum absolute atomic E-state index is 0.0423. The fourth-order valence-corrected chi connectivity index (χ4v) is 5.31. The van der Waals surface area contributed by atoms with Crippen LogP contribution in [-0.2, 0) is 19.5 Å². The molecule has 172 valence electrons. The van der Waals surface area contributed by atoms with Crippen molar-refractivity contribution in [1.29, 1.82) is 0 Å². The van der Waals surface area contributed by atoms with E-state index in [2.05, 4.69) is 50.8 Å². The lowest BCUT2D eigenvalue weighted by atomic mass is 10.0. The second kappa shape index (κ2) is 10.1. The number of rotatable bonds is 5. The molecule has 2 saturated heterocycles. The molecule has 2 aromatic rings. The van der Waals surface area contributed by atoms with Gasteiger partial charge in [-0.15, -0.1) is 0 Å². The van der Waals surface area contributed by atoms with Gasteiger partial charge >= 0.3 is 0 Å². The molecule has 32 heavy (non-hydrogen) atoms. The number of benzene rings is 1. The van der Waals surface area contributed by atoms with Crippen LogP contribution in [0.2, 0.25) is 0 Å². The maximum atomic E-state index is 6.63. The quantitative estimate of drug-likeness (QED) is 0.666. The number of piperidine rings is 1.